The fourth-order valence-electron chi connectivity index (χ4n) is 1.64. The average Bonchev–Trinajstić information content (AvgIpc) is 2.43. The van der Waals surface area contributed by atoms with Crippen LogP contribution >= 0.6 is 11.8 Å². The standard InChI is InChI=1S/C14H21NO2S/c1-4-15(5-2)9-10-17-14(16)12-7-6-8-13(11-12)18-3/h6-8,11H,4-5,9-10H2,1-3H3. The fraction of sp³-hybridized carbons (Fsp3) is 0.500. The average molecular weight is 267 g/mol. The van der Waals surface area contributed by atoms with Crippen molar-refractivity contribution in [3.8, 4) is 0 Å². The van der Waals surface area contributed by atoms with E-state index in [1.54, 1.807) is 17.8 Å². The number of benzene rings is 1. The van der Waals surface area contributed by atoms with Gasteiger partial charge in [0.2, 0.25) is 0 Å². The van der Waals surface area contributed by atoms with Crippen molar-refractivity contribution in [2.45, 2.75) is 18.7 Å². The first-order valence-corrected chi connectivity index (χ1v) is 7.47. The van der Waals surface area contributed by atoms with Crippen LogP contribution in [-0.2, 0) is 4.74 Å². The van der Waals surface area contributed by atoms with Crippen molar-refractivity contribution in [1.82, 2.24) is 4.90 Å². The number of hydrogen-bond acceptors (Lipinski definition) is 4. The Balaban J connectivity index is 2.45. The number of rotatable bonds is 7. The maximum Gasteiger partial charge on any atom is 0.338 e. The van der Waals surface area contributed by atoms with Crippen LogP contribution in [0.25, 0.3) is 0 Å². The van der Waals surface area contributed by atoms with Gasteiger partial charge in [-0.2, -0.15) is 0 Å². The molecule has 0 spiro atoms. The molecule has 1 aromatic carbocycles. The van der Waals surface area contributed by atoms with E-state index in [9.17, 15) is 4.79 Å². The van der Waals surface area contributed by atoms with Crippen molar-refractivity contribution in [2.24, 2.45) is 0 Å². The lowest BCUT2D eigenvalue weighted by Crippen LogP contribution is -2.27. The number of carbonyl (C=O) groups is 1. The predicted molar refractivity (Wildman–Crippen MR) is 76.3 cm³/mol. The molecule has 0 N–H and O–H groups in total. The van der Waals surface area contributed by atoms with Crippen molar-refractivity contribution in [3.05, 3.63) is 29.8 Å². The van der Waals surface area contributed by atoms with E-state index in [1.807, 2.05) is 24.5 Å². The molecule has 0 atom stereocenters. The van der Waals surface area contributed by atoms with Crippen LogP contribution in [0, 0.1) is 0 Å². The van der Waals surface area contributed by atoms with Gasteiger partial charge in [0.25, 0.3) is 0 Å². The summed E-state index contributed by atoms with van der Waals surface area (Å²) in [4.78, 5) is 15.1. The number of carbonyl (C=O) groups excluding carboxylic acids is 1. The molecule has 4 heteroatoms. The lowest BCUT2D eigenvalue weighted by atomic mass is 10.2. The molecule has 0 saturated heterocycles. The van der Waals surface area contributed by atoms with Crippen LogP contribution in [0.3, 0.4) is 0 Å². The number of hydrogen-bond donors (Lipinski definition) is 0. The van der Waals surface area contributed by atoms with Crippen molar-refractivity contribution in [1.29, 1.82) is 0 Å². The van der Waals surface area contributed by atoms with E-state index >= 15 is 0 Å². The highest BCUT2D eigenvalue weighted by Gasteiger charge is 2.08. The first-order chi connectivity index (χ1) is 8.71. The van der Waals surface area contributed by atoms with Gasteiger partial charge >= 0.3 is 5.97 Å². The van der Waals surface area contributed by atoms with Gasteiger partial charge < -0.3 is 9.64 Å². The summed E-state index contributed by atoms with van der Waals surface area (Å²) in [6.07, 6.45) is 1.99. The molecular weight excluding hydrogens is 246 g/mol. The summed E-state index contributed by atoms with van der Waals surface area (Å²) in [6, 6.07) is 7.52. The molecule has 3 nitrogen and oxygen atoms in total. The van der Waals surface area contributed by atoms with E-state index in [2.05, 4.69) is 18.7 Å². The molecule has 0 aliphatic rings. The number of ether oxygens (including phenoxy) is 1. The normalized spacial score (nSPS) is 10.7. The Kier molecular flexibility index (Phi) is 6.83. The van der Waals surface area contributed by atoms with Crippen LogP contribution < -0.4 is 0 Å². The molecule has 0 aromatic heterocycles. The molecule has 0 saturated carbocycles. The predicted octanol–water partition coefficient (Wildman–Crippen LogP) is 2.91. The molecule has 0 radical (unpaired) electrons. The highest BCUT2D eigenvalue weighted by molar-refractivity contribution is 7.98. The van der Waals surface area contributed by atoms with Gasteiger partial charge in [-0.15, -0.1) is 11.8 Å². The first kappa shape index (κ1) is 15.1. The van der Waals surface area contributed by atoms with Crippen molar-refractivity contribution in [2.75, 3.05) is 32.5 Å². The first-order valence-electron chi connectivity index (χ1n) is 6.24. The SMILES string of the molecule is CCN(CC)CCOC(=O)c1cccc(SC)c1. The monoisotopic (exact) mass is 267 g/mol. The van der Waals surface area contributed by atoms with Crippen LogP contribution in [0.4, 0.5) is 0 Å². The number of esters is 1. The third kappa shape index (κ3) is 4.70. The molecule has 0 bridgehead atoms. The second kappa shape index (κ2) is 8.16. The highest BCUT2D eigenvalue weighted by Crippen LogP contribution is 2.16. The van der Waals surface area contributed by atoms with Gasteiger partial charge in [0, 0.05) is 11.4 Å². The smallest absolute Gasteiger partial charge is 0.338 e. The van der Waals surface area contributed by atoms with Crippen LogP contribution in [0.5, 0.6) is 0 Å². The van der Waals surface area contributed by atoms with Crippen LogP contribution in [0.15, 0.2) is 29.2 Å². The highest BCUT2D eigenvalue weighted by atomic mass is 32.2. The minimum Gasteiger partial charge on any atom is -0.461 e. The van der Waals surface area contributed by atoms with Gasteiger partial charge in [0.05, 0.1) is 5.56 Å². The van der Waals surface area contributed by atoms with E-state index in [-0.39, 0.29) is 5.97 Å². The molecule has 0 aliphatic carbocycles. The molecule has 0 heterocycles. The number of thioether (sulfide) groups is 1. The molecule has 100 valence electrons. The molecule has 0 aliphatic heterocycles. The van der Waals surface area contributed by atoms with Crippen LogP contribution in [-0.4, -0.2) is 43.4 Å². The van der Waals surface area contributed by atoms with Crippen LogP contribution in [0.1, 0.15) is 24.2 Å². The molecule has 0 unspecified atom stereocenters. The van der Waals surface area contributed by atoms with Gasteiger partial charge in [-0.05, 0) is 37.5 Å². The van der Waals surface area contributed by atoms with E-state index in [0.29, 0.717) is 12.2 Å². The van der Waals surface area contributed by atoms with E-state index in [1.165, 1.54) is 0 Å². The molecule has 0 fully saturated rings. The van der Waals surface area contributed by atoms with Crippen LogP contribution in [0.2, 0.25) is 0 Å². The maximum atomic E-state index is 11.8. The third-order valence-electron chi connectivity index (χ3n) is 2.84. The number of nitrogens with zero attached hydrogens (tertiary/aromatic N) is 1. The quantitative estimate of drug-likeness (QED) is 0.561. The van der Waals surface area contributed by atoms with Gasteiger partial charge in [-0.3, -0.25) is 0 Å². The summed E-state index contributed by atoms with van der Waals surface area (Å²) in [5.41, 5.74) is 0.626. The number of likely N-dealkylation sites (N-methyl/N-ethyl adjacent to an activating group) is 1. The molecule has 0 amide bonds. The lowest BCUT2D eigenvalue weighted by Gasteiger charge is -2.17. The van der Waals surface area contributed by atoms with Crippen molar-refractivity contribution >= 4 is 17.7 Å². The topological polar surface area (TPSA) is 29.5 Å². The zero-order valence-electron chi connectivity index (χ0n) is 11.3. The molecule has 1 rings (SSSR count). The van der Waals surface area contributed by atoms with Crippen molar-refractivity contribution < 1.29 is 9.53 Å². The Morgan fingerprint density at radius 2 is 2.06 bits per heavy atom. The second-order valence-electron chi connectivity index (χ2n) is 3.89. The summed E-state index contributed by atoms with van der Waals surface area (Å²) >= 11 is 1.62. The zero-order valence-corrected chi connectivity index (χ0v) is 12.1. The molecule has 1 aromatic rings. The maximum absolute atomic E-state index is 11.8. The van der Waals surface area contributed by atoms with Gasteiger partial charge in [0.1, 0.15) is 6.61 Å². The minimum absolute atomic E-state index is 0.238. The minimum atomic E-state index is -0.238. The Hall–Kier alpha value is -1.00. The Bertz CT molecular complexity index is 378. The van der Waals surface area contributed by atoms with E-state index < -0.39 is 0 Å². The van der Waals surface area contributed by atoms with E-state index in [4.69, 9.17) is 4.74 Å². The Morgan fingerprint density at radius 3 is 2.67 bits per heavy atom. The second-order valence-corrected chi connectivity index (χ2v) is 4.77. The van der Waals surface area contributed by atoms with Gasteiger partial charge in [-0.1, -0.05) is 19.9 Å². The fourth-order valence-corrected chi connectivity index (χ4v) is 2.10. The summed E-state index contributed by atoms with van der Waals surface area (Å²) in [6.45, 7) is 7.41. The van der Waals surface area contributed by atoms with E-state index in [0.717, 1.165) is 24.5 Å². The Labute approximate surface area is 114 Å². The van der Waals surface area contributed by atoms with Gasteiger partial charge in [-0.25, -0.2) is 4.79 Å². The lowest BCUT2D eigenvalue weighted by molar-refractivity contribution is 0.0466. The Morgan fingerprint density at radius 1 is 1.33 bits per heavy atom. The van der Waals surface area contributed by atoms with Crippen molar-refractivity contribution in [3.63, 3.8) is 0 Å². The largest absolute Gasteiger partial charge is 0.461 e. The summed E-state index contributed by atoms with van der Waals surface area (Å²) in [5.74, 6) is -0.238. The molecular formula is C14H21NO2S. The zero-order chi connectivity index (χ0) is 13.4. The summed E-state index contributed by atoms with van der Waals surface area (Å²) in [5, 5.41) is 0. The molecule has 18 heavy (non-hydrogen) atoms. The van der Waals surface area contributed by atoms with Gasteiger partial charge in [0.15, 0.2) is 0 Å². The summed E-state index contributed by atoms with van der Waals surface area (Å²) in [7, 11) is 0. The third-order valence-corrected chi connectivity index (χ3v) is 3.57. The summed E-state index contributed by atoms with van der Waals surface area (Å²) < 4.78 is 5.27.